The number of nitrogens with one attached hydrogen (secondary N) is 1. The van der Waals surface area contributed by atoms with Gasteiger partial charge in [0.25, 0.3) is 0 Å². The highest BCUT2D eigenvalue weighted by molar-refractivity contribution is 5.49. The Kier molecular flexibility index (Phi) is 3.54. The van der Waals surface area contributed by atoms with Gasteiger partial charge in [0.1, 0.15) is 0 Å². The van der Waals surface area contributed by atoms with Crippen molar-refractivity contribution in [3.05, 3.63) is 41.2 Å². The second-order valence-corrected chi connectivity index (χ2v) is 3.44. The van der Waals surface area contributed by atoms with Gasteiger partial charge in [0, 0.05) is 12.2 Å². The lowest BCUT2D eigenvalue weighted by molar-refractivity contribution is 1.07. The molecule has 1 rings (SSSR count). The molecule has 1 aromatic carbocycles. The molecule has 0 aliphatic carbocycles. The molecule has 5 N–H and O–H groups in total. The van der Waals surface area contributed by atoms with E-state index in [0.717, 1.165) is 16.8 Å². The van der Waals surface area contributed by atoms with E-state index < -0.39 is 0 Å². The van der Waals surface area contributed by atoms with Gasteiger partial charge in [-0.1, -0.05) is 12.1 Å². The minimum Gasteiger partial charge on any atom is -0.385 e. The number of rotatable bonds is 3. The van der Waals surface area contributed by atoms with Crippen molar-refractivity contribution in [1.82, 2.24) is 0 Å². The zero-order valence-corrected chi connectivity index (χ0v) is 8.67. The van der Waals surface area contributed by atoms with Crippen LogP contribution in [0.1, 0.15) is 19.4 Å². The van der Waals surface area contributed by atoms with E-state index in [-0.39, 0.29) is 0 Å². The Morgan fingerprint density at radius 1 is 1.21 bits per heavy atom. The molecule has 0 radical (unpaired) electrons. The van der Waals surface area contributed by atoms with Crippen molar-refractivity contribution in [2.45, 2.75) is 20.4 Å². The number of benzene rings is 1. The number of nitrogens with two attached hydrogens (primary N) is 2. The van der Waals surface area contributed by atoms with Crippen molar-refractivity contribution in [2.24, 2.45) is 11.5 Å². The van der Waals surface area contributed by atoms with Crippen molar-refractivity contribution in [2.75, 3.05) is 5.32 Å². The van der Waals surface area contributed by atoms with Gasteiger partial charge in [0.15, 0.2) is 0 Å². The van der Waals surface area contributed by atoms with Gasteiger partial charge < -0.3 is 16.8 Å². The Labute approximate surface area is 84.8 Å². The molecule has 0 aliphatic heterocycles. The molecule has 0 aliphatic rings. The van der Waals surface area contributed by atoms with Crippen LogP contribution in [0.25, 0.3) is 0 Å². The van der Waals surface area contributed by atoms with Gasteiger partial charge in [-0.25, -0.2) is 0 Å². The van der Waals surface area contributed by atoms with Crippen molar-refractivity contribution >= 4 is 5.69 Å². The fraction of sp³-hybridized carbons (Fsp3) is 0.273. The first-order valence-electron chi connectivity index (χ1n) is 4.62. The minimum absolute atomic E-state index is 0.568. The molecule has 0 bridgehead atoms. The number of hydrogen-bond donors (Lipinski definition) is 3. The first-order valence-corrected chi connectivity index (χ1v) is 4.62. The van der Waals surface area contributed by atoms with Crippen LogP contribution in [0.15, 0.2) is 35.7 Å². The maximum Gasteiger partial charge on any atom is 0.0990 e. The molecule has 3 heteroatoms. The number of allylic oxidation sites excluding steroid dienone is 1. The third kappa shape index (κ3) is 2.78. The second kappa shape index (κ2) is 4.67. The second-order valence-electron chi connectivity index (χ2n) is 3.44. The van der Waals surface area contributed by atoms with Crippen molar-refractivity contribution in [1.29, 1.82) is 0 Å². The summed E-state index contributed by atoms with van der Waals surface area (Å²) in [5, 5.41) is 3.11. The van der Waals surface area contributed by atoms with Crippen LogP contribution in [0.5, 0.6) is 0 Å². The highest BCUT2D eigenvalue weighted by atomic mass is 15.0. The molecule has 0 fully saturated rings. The normalized spacial score (nSPS) is 9.64. The van der Waals surface area contributed by atoms with Crippen molar-refractivity contribution < 1.29 is 0 Å². The fourth-order valence-electron chi connectivity index (χ4n) is 1.00. The highest BCUT2D eigenvalue weighted by Gasteiger charge is 1.95. The minimum atomic E-state index is 0.568. The number of hydrogen-bond acceptors (Lipinski definition) is 3. The van der Waals surface area contributed by atoms with Gasteiger partial charge in [-0.05, 0) is 37.1 Å². The largest absolute Gasteiger partial charge is 0.385 e. The lowest BCUT2D eigenvalue weighted by Crippen LogP contribution is -2.10. The lowest BCUT2D eigenvalue weighted by Gasteiger charge is -2.08. The molecular formula is C11H17N3. The fourth-order valence-corrected chi connectivity index (χ4v) is 1.00. The monoisotopic (exact) mass is 191 g/mol. The molecule has 0 heterocycles. The summed E-state index contributed by atoms with van der Waals surface area (Å²) < 4.78 is 0. The molecule has 0 amide bonds. The molecule has 76 valence electrons. The summed E-state index contributed by atoms with van der Waals surface area (Å²) in [6.45, 7) is 4.51. The highest BCUT2D eigenvalue weighted by Crippen LogP contribution is 2.11. The number of anilines is 1. The predicted octanol–water partition coefficient (Wildman–Crippen LogP) is 1.77. The van der Waals surface area contributed by atoms with Crippen molar-refractivity contribution in [3.8, 4) is 0 Å². The Balaban J connectivity index is 2.74. The SMILES string of the molecule is CC(C)=C(N)Nc1ccc(CN)cc1. The maximum absolute atomic E-state index is 5.76. The van der Waals surface area contributed by atoms with Gasteiger partial charge in [-0.15, -0.1) is 0 Å². The quantitative estimate of drug-likeness (QED) is 0.682. The van der Waals surface area contributed by atoms with Gasteiger partial charge >= 0.3 is 0 Å². The maximum atomic E-state index is 5.76. The zero-order valence-electron chi connectivity index (χ0n) is 8.67. The third-order valence-electron chi connectivity index (χ3n) is 2.01. The zero-order chi connectivity index (χ0) is 10.6. The molecular weight excluding hydrogens is 174 g/mol. The molecule has 0 saturated carbocycles. The van der Waals surface area contributed by atoms with E-state index in [1.54, 1.807) is 0 Å². The van der Waals surface area contributed by atoms with Crippen LogP contribution >= 0.6 is 0 Å². The van der Waals surface area contributed by atoms with E-state index in [9.17, 15) is 0 Å². The van der Waals surface area contributed by atoms with Crippen LogP contribution in [0, 0.1) is 0 Å². The third-order valence-corrected chi connectivity index (χ3v) is 2.01. The Morgan fingerprint density at radius 2 is 1.79 bits per heavy atom. The molecule has 1 aromatic rings. The summed E-state index contributed by atoms with van der Waals surface area (Å²) in [6, 6.07) is 7.91. The molecule has 14 heavy (non-hydrogen) atoms. The van der Waals surface area contributed by atoms with Crippen LogP contribution in [0.4, 0.5) is 5.69 Å². The van der Waals surface area contributed by atoms with Gasteiger partial charge in [0.05, 0.1) is 5.82 Å². The Morgan fingerprint density at radius 3 is 2.21 bits per heavy atom. The summed E-state index contributed by atoms with van der Waals surface area (Å²) in [5.74, 6) is 0.700. The van der Waals surface area contributed by atoms with Crippen LogP contribution in [-0.2, 0) is 6.54 Å². The Hall–Kier alpha value is -1.48. The first-order chi connectivity index (χ1) is 6.63. The topological polar surface area (TPSA) is 64.1 Å². The van der Waals surface area contributed by atoms with E-state index in [1.807, 2.05) is 38.1 Å². The van der Waals surface area contributed by atoms with Crippen LogP contribution < -0.4 is 16.8 Å². The van der Waals surface area contributed by atoms with Gasteiger partial charge in [-0.2, -0.15) is 0 Å². The average Bonchev–Trinajstić information content (AvgIpc) is 2.19. The van der Waals surface area contributed by atoms with E-state index in [2.05, 4.69) is 5.32 Å². The van der Waals surface area contributed by atoms with E-state index >= 15 is 0 Å². The summed E-state index contributed by atoms with van der Waals surface area (Å²) in [6.07, 6.45) is 0. The molecule has 0 unspecified atom stereocenters. The standard InChI is InChI=1S/C11H17N3/c1-8(2)11(13)14-10-5-3-9(7-12)4-6-10/h3-6,14H,7,12-13H2,1-2H3. The summed E-state index contributed by atoms with van der Waals surface area (Å²) >= 11 is 0. The van der Waals surface area contributed by atoms with E-state index in [4.69, 9.17) is 11.5 Å². The van der Waals surface area contributed by atoms with Gasteiger partial charge in [-0.3, -0.25) is 0 Å². The van der Waals surface area contributed by atoms with Crippen LogP contribution in [0.3, 0.4) is 0 Å². The van der Waals surface area contributed by atoms with Crippen LogP contribution in [-0.4, -0.2) is 0 Å². The van der Waals surface area contributed by atoms with Crippen molar-refractivity contribution in [3.63, 3.8) is 0 Å². The lowest BCUT2D eigenvalue weighted by atomic mass is 10.2. The molecule has 0 atom stereocenters. The molecule has 0 saturated heterocycles. The smallest absolute Gasteiger partial charge is 0.0990 e. The summed E-state index contributed by atoms with van der Waals surface area (Å²) in [5.41, 5.74) is 14.4. The average molecular weight is 191 g/mol. The summed E-state index contributed by atoms with van der Waals surface area (Å²) in [7, 11) is 0. The van der Waals surface area contributed by atoms with Crippen LogP contribution in [0.2, 0.25) is 0 Å². The molecule has 0 aromatic heterocycles. The van der Waals surface area contributed by atoms with E-state index in [1.165, 1.54) is 0 Å². The Bertz CT molecular complexity index is 321. The molecule has 3 nitrogen and oxygen atoms in total. The predicted molar refractivity (Wildman–Crippen MR) is 60.5 cm³/mol. The first kappa shape index (κ1) is 10.6. The summed E-state index contributed by atoms with van der Waals surface area (Å²) in [4.78, 5) is 0. The van der Waals surface area contributed by atoms with Gasteiger partial charge in [0.2, 0.25) is 0 Å². The van der Waals surface area contributed by atoms with E-state index in [0.29, 0.717) is 12.4 Å². The molecule has 0 spiro atoms.